The van der Waals surface area contributed by atoms with Crippen LogP contribution in [0.3, 0.4) is 0 Å². The quantitative estimate of drug-likeness (QED) is 0.0208. The van der Waals surface area contributed by atoms with E-state index in [2.05, 4.69) is 80.9 Å². The molecule has 3 unspecified atom stereocenters. The van der Waals surface area contributed by atoms with Gasteiger partial charge >= 0.3 is 116 Å². The second-order valence-corrected chi connectivity index (χ2v) is 35.6. The van der Waals surface area contributed by atoms with E-state index in [0.717, 1.165) is 18.6 Å². The van der Waals surface area contributed by atoms with Gasteiger partial charge in [0.1, 0.15) is 23.8 Å². The summed E-state index contributed by atoms with van der Waals surface area (Å²) in [5, 5.41) is 55.3. The fraction of sp³-hybridized carbons (Fsp3) is 0.598. The summed E-state index contributed by atoms with van der Waals surface area (Å²) < 4.78 is 357. The van der Waals surface area contributed by atoms with Crippen LogP contribution in [0.25, 0.3) is 4.85 Å². The van der Waals surface area contributed by atoms with E-state index in [0.29, 0.717) is 23.6 Å². The largest absolute Gasteiger partial charge is 2.00 e. The fourth-order valence-electron chi connectivity index (χ4n) is 16.7. The van der Waals surface area contributed by atoms with Crippen molar-refractivity contribution in [3.8, 4) is 24.3 Å². The van der Waals surface area contributed by atoms with Crippen LogP contribution in [0.4, 0.5) is 0 Å². The third-order valence-electron chi connectivity index (χ3n) is 23.2. The van der Waals surface area contributed by atoms with Gasteiger partial charge in [-0.3, -0.25) is 43.9 Å². The first-order valence-electron chi connectivity index (χ1n) is 64.3. The van der Waals surface area contributed by atoms with Crippen LogP contribution in [-0.2, 0) is 90.1 Å². The summed E-state index contributed by atoms with van der Waals surface area (Å²) in [5.41, 5.74) is -4.63. The number of methoxy groups -OCH3 is 1. The molecular weight excluding hydrogens is 1950 g/mol. The number of Topliss-reactive ketones (excluding diaryl/α,β-unsaturated/α-hetero) is 2. The molecule has 8 N–H and O–H groups in total. The van der Waals surface area contributed by atoms with Gasteiger partial charge < -0.3 is 84.4 Å². The molecule has 760 valence electrons. The topological polar surface area (TPSA) is 462 Å². The molecule has 18 rings (SSSR count). The van der Waals surface area contributed by atoms with Crippen LogP contribution >= 0.6 is 27.3 Å². The number of hydrogen-bond acceptors (Lipinski definition) is 26. The SMILES string of the molecule is Brc1ccccn1.CC(=O)CC#N.CC(=O)O.C[CH-]C.Cc1ccsc1CN.N.[2H]C(=O)C[C@@]1(c2ccccn2)CC([2H])([2H])OC2(CC([2H])([2H])C([2H])([2H])C2)C1.[2H]C1([2H])C/C(=C(\[N+]#[C-])C(=O)OC)CC2(CC([2H])([2H])C([2H])([2H])C2)O1.[2H]C1([2H])CC(=O)CC2(CC([2H])([2H])C([2H])([2H])C2)O1.[2H]C1([2H])CC(CC#N)(c2ccccn2)CC2(CC([2H])([2H])C([2H])([2H])C2)O1.[2H]C1([2H])CC(c2ccccn2)(C(C#N)C(=O)O)CC2(CC([2H])([2H])C([2H])([2H])C2)O1.[2H]C1([2H])C[C@@](CC#N)(c2ccccn2)CC2(CC([2H])([2H])C([2H])([2H])C2)O1.[2H][B-]([2H])([2H])[2H].[Cl-].[K+].[Mg+2].[Na+].[OH-]. The Balaban J connectivity index is 0.00000104. The zero-order valence-electron chi connectivity index (χ0n) is 122. The van der Waals surface area contributed by atoms with Gasteiger partial charge in [-0.25, -0.2) is 15.2 Å². The number of carbonyl (C=O) groups is 6. The molecule has 142 heavy (non-hydrogen) atoms. The fourth-order valence-corrected chi connectivity index (χ4v) is 17.8. The zero-order chi connectivity index (χ0) is 135. The van der Waals surface area contributed by atoms with Crippen molar-refractivity contribution >= 4 is 94.3 Å². The minimum atomic E-state index is -3.00. The van der Waals surface area contributed by atoms with Gasteiger partial charge in [0.2, 0.25) is 0 Å². The van der Waals surface area contributed by atoms with E-state index >= 15 is 0 Å². The predicted molar refractivity (Wildman–Crippen MR) is 543 cm³/mol. The van der Waals surface area contributed by atoms with Crippen molar-refractivity contribution in [2.24, 2.45) is 11.7 Å². The number of ketones is 2. The standard InChI is InChI=1S/C17H20N2O3.2C16H20N2O.C16H21NO2.C13H17NO3.C9H14O2.C6H9NS.C5H4BrN.C4H5NO.C3H7.C2H4O2.BH4.ClH.K.Mg.H3N.Na.H2O/c18-11-13(15(20)21)17(14-5-1-4-9-19-14)8-10-22-16(12-17)6-2-3-7-16;2*17-10-8-15(14-5-1-4-11-18-14)9-12-19-16(13-15)6-2-3-7-16;18-11-8-15(14-5-1-4-10-17-14)9-12-19-16(13-15)6-2-3-7-16;1-14-11(12(15)16-2)10-5-8-17-13(9-10)6-3-4-7-13;10-8-3-6-11-9(7-8)4-1-2-5-9;1-5-2-3-8-6(5)4-7;6-5-3-1-2-4-7-5;1-4(6)2-3-5;1-3-2;1-2(3)4;;;;;;;/h1,4-5,9,13H,2-3,6-8,10,12H2,(H,20,21);2*1,4-5,11H,2-3,6-9,12-13H2;1,4-5,10-11H,2-3,6-9,12-13H2;3-9H2,2H3;1-7H2;2-3H,4,7H2,1H3;1-4H;2H2,1H3;3H,1-2H3;1H3,(H,3,4);1H4;1H;;;1H3;;1H2/q;;;;;;;;;-1;;-1;;+1;+2;;+1;/p-2/b;;;;11-10+;;;;;;;;;;;;;/t;15-;;15-;;;;;;;;;;;;;;/m.1.1............../s1/i2D2,3D2,10D2;2*2D2,3D2,12D2;2D2,3D2,11D,12D2;3D2,4D2,8D2;1D2,2D2,6D2;;;;;;1D4;;;;;;. The number of nitrogens with zero attached hydrogens (tertiary/aromatic N) is 10. The van der Waals surface area contributed by atoms with Gasteiger partial charge in [-0.05, 0) is 249 Å². The third kappa shape index (κ3) is 40.1. The second-order valence-electron chi connectivity index (χ2n) is 33.8. The van der Waals surface area contributed by atoms with Crippen LogP contribution in [-0.4, -0.2) is 193 Å². The molecule has 5 atom stereocenters. The van der Waals surface area contributed by atoms with Crippen molar-refractivity contribution in [1.29, 1.82) is 26.4 Å². The Morgan fingerprint density at radius 2 is 0.944 bits per heavy atom. The minimum Gasteiger partial charge on any atom is -1.00 e. The van der Waals surface area contributed by atoms with Gasteiger partial charge in [-0.1, -0.05) is 121 Å². The van der Waals surface area contributed by atoms with Gasteiger partial charge in [-0.15, -0.1) is 11.3 Å². The Morgan fingerprint density at radius 3 is 1.24 bits per heavy atom. The van der Waals surface area contributed by atoms with Gasteiger partial charge in [0.15, 0.2) is 5.92 Å². The number of pyridine rings is 5. The number of nitrogens with two attached hydrogens (primary N) is 1. The first-order valence-corrected chi connectivity index (χ1v) is 45.2. The van der Waals surface area contributed by atoms with E-state index in [1.165, 1.54) is 35.8 Å². The molecule has 0 radical (unpaired) electrons. The Labute approximate surface area is 1000 Å². The monoisotopic (exact) mass is 2140 g/mol. The van der Waals surface area contributed by atoms with E-state index in [4.69, 9.17) is 112 Å². The van der Waals surface area contributed by atoms with Crippen LogP contribution in [0.2, 0.25) is 0 Å². The number of hydrogen-bond donors (Lipinski definition) is 4. The normalized spacial score (nSPS) is 33.7. The minimum absolute atomic E-state index is 0. The number of carboxylic acid groups (broad SMARTS) is 2. The molecule has 6 aromatic heterocycles. The molecule has 6 aliphatic carbocycles. The molecule has 0 bridgehead atoms. The molecule has 0 amide bonds. The Morgan fingerprint density at radius 1 is 0.592 bits per heavy atom. The van der Waals surface area contributed by atoms with Crippen LogP contribution in [0.1, 0.15) is 368 Å². The summed E-state index contributed by atoms with van der Waals surface area (Å²) in [5.74, 6) is -5.22. The maximum absolute atomic E-state index is 11.9. The van der Waals surface area contributed by atoms with Crippen molar-refractivity contribution in [3.63, 3.8) is 0 Å². The van der Waals surface area contributed by atoms with Crippen LogP contribution < -0.4 is 105 Å². The molecule has 6 saturated carbocycles. The maximum Gasteiger partial charge on any atom is 2.00 e. The first kappa shape index (κ1) is 79.1. The molecule has 28 nitrogen and oxygen atoms in total. The van der Waals surface area contributed by atoms with Crippen molar-refractivity contribution < 1.29 is 222 Å². The van der Waals surface area contributed by atoms with Crippen LogP contribution in [0, 0.1) is 71.2 Å². The number of carboxylic acids is 2. The number of carbonyl (C=O) groups excluding carboxylic acids is 4. The summed E-state index contributed by atoms with van der Waals surface area (Å²) in [4.78, 5) is 91.1. The Kier molecular flexibility index (Phi) is 38.2. The number of nitriles is 4. The molecule has 6 aliphatic heterocycles. The number of rotatable bonds is 13. The first-order chi connectivity index (χ1) is 80.5. The van der Waals surface area contributed by atoms with Crippen molar-refractivity contribution in [2.45, 2.75) is 353 Å². The molecule has 6 saturated heterocycles. The molecule has 12 heterocycles. The number of aliphatic carboxylic acids is 2. The Hall–Kier alpha value is -6.06. The summed E-state index contributed by atoms with van der Waals surface area (Å²) >= 11 is 4.92. The number of aldehydes is 1. The number of halogens is 2. The van der Waals surface area contributed by atoms with Gasteiger partial charge in [0.25, 0.3) is 11.7 Å². The predicted octanol–water partition coefficient (Wildman–Crippen LogP) is 10.9. The zero-order valence-corrected chi connectivity index (χ0v) is 90.9. The van der Waals surface area contributed by atoms with E-state index in [1.807, 2.05) is 38.5 Å². The average Bonchev–Trinajstić information content (AvgIpc) is 1.57. The number of aromatic nitrogens is 5. The van der Waals surface area contributed by atoms with E-state index in [9.17, 15) is 44.9 Å². The Bertz CT molecular complexity index is 6760. The van der Waals surface area contributed by atoms with Crippen molar-refractivity contribution in [3.05, 3.63) is 200 Å². The van der Waals surface area contributed by atoms with Crippen molar-refractivity contribution in [1.82, 2.24) is 31.1 Å². The van der Waals surface area contributed by atoms with E-state index in [1.54, 1.807) is 109 Å². The third-order valence-corrected chi connectivity index (χ3v) is 24.7. The molecule has 35 heteroatoms. The number of thiophene rings is 1. The number of ether oxygens (including phenoxy) is 7. The summed E-state index contributed by atoms with van der Waals surface area (Å²) in [6.45, 7) is 3.26. The van der Waals surface area contributed by atoms with E-state index in [-0.39, 0.29) is 317 Å². The number of aryl methyl sites for hydroxylation is 1. The van der Waals surface area contributed by atoms with Gasteiger partial charge in [-0.2, -0.15) is 34.9 Å². The molecular formula is C107H149BBrClKMgN12NaO16S. The maximum atomic E-state index is 11.9. The van der Waals surface area contributed by atoms with E-state index < -0.39 is 229 Å². The summed E-state index contributed by atoms with van der Waals surface area (Å²) in [6, 6.07) is 35.8. The summed E-state index contributed by atoms with van der Waals surface area (Å²) in [6.07, 6.45) is -22.4. The summed E-state index contributed by atoms with van der Waals surface area (Å²) in [7, 11) is -1.88. The van der Waals surface area contributed by atoms with Crippen molar-refractivity contribution in [2.75, 3.05) is 46.5 Å². The van der Waals surface area contributed by atoms with Crippen LogP contribution in [0.15, 0.2) is 149 Å². The molecule has 12 aliphatic rings. The second kappa shape index (κ2) is 68.5. The number of esters is 1. The average molecular weight is 2150 g/mol. The van der Waals surface area contributed by atoms with Gasteiger partial charge in [0.05, 0.1) is 101 Å². The van der Waals surface area contributed by atoms with Crippen LogP contribution in [0.5, 0.6) is 0 Å². The molecule has 0 aromatic carbocycles. The molecule has 12 fully saturated rings. The smallest absolute Gasteiger partial charge is 1.00 e. The van der Waals surface area contributed by atoms with Gasteiger partial charge in [0, 0.05) is 192 Å². The molecule has 6 spiro atoms. The molecule has 6 aromatic rings.